The number of fused-ring (bicyclic) bond motifs is 1. The second kappa shape index (κ2) is 15.5. The molecule has 0 bridgehead atoms. The van der Waals surface area contributed by atoms with Crippen molar-refractivity contribution in [2.75, 3.05) is 31.6 Å². The summed E-state index contributed by atoms with van der Waals surface area (Å²) in [6.07, 6.45) is -2.90. The molecule has 0 aliphatic carbocycles. The lowest BCUT2D eigenvalue weighted by Gasteiger charge is -2.36. The number of hydrogen-bond donors (Lipinski definition) is 1. The van der Waals surface area contributed by atoms with Crippen molar-refractivity contribution < 1.29 is 37.1 Å². The fraction of sp³-hybridized carbons (Fsp3) is 0.209. The third kappa shape index (κ3) is 7.67. The number of alkyl halides is 3. The van der Waals surface area contributed by atoms with Gasteiger partial charge in [0.1, 0.15) is 12.6 Å². The number of carbonyl (C=O) groups is 4. The molecule has 1 saturated heterocycles. The van der Waals surface area contributed by atoms with Gasteiger partial charge in [-0.3, -0.25) is 24.2 Å². The van der Waals surface area contributed by atoms with Crippen molar-refractivity contribution in [1.82, 2.24) is 9.80 Å². The Hall–Kier alpha value is -6.07. The van der Waals surface area contributed by atoms with Crippen molar-refractivity contribution >= 4 is 29.4 Å². The average Bonchev–Trinajstić information content (AvgIpc) is 3.43. The van der Waals surface area contributed by atoms with Gasteiger partial charge in [-0.2, -0.15) is 13.2 Å². The van der Waals surface area contributed by atoms with Crippen molar-refractivity contribution in [3.63, 3.8) is 0 Å². The smallest absolute Gasteiger partial charge is 0.416 e. The summed E-state index contributed by atoms with van der Waals surface area (Å²) in [7, 11) is 0. The fourth-order valence-corrected chi connectivity index (χ4v) is 7.19. The van der Waals surface area contributed by atoms with Crippen LogP contribution in [0.1, 0.15) is 72.6 Å². The van der Waals surface area contributed by atoms with Gasteiger partial charge in [0.25, 0.3) is 17.7 Å². The molecule has 5 aromatic carbocycles. The van der Waals surface area contributed by atoms with Crippen LogP contribution in [-0.4, -0.2) is 59.7 Å². The predicted molar refractivity (Wildman–Crippen MR) is 197 cm³/mol. The number of nitrogens with zero attached hydrogens (tertiary/aromatic N) is 2. The van der Waals surface area contributed by atoms with E-state index in [0.29, 0.717) is 46.6 Å². The predicted octanol–water partition coefficient (Wildman–Crippen LogP) is 8.38. The fourth-order valence-electron chi connectivity index (χ4n) is 7.19. The van der Waals surface area contributed by atoms with Crippen LogP contribution in [0.4, 0.5) is 18.9 Å². The molecule has 1 unspecified atom stereocenters. The maximum Gasteiger partial charge on any atom is 0.416 e. The number of rotatable bonds is 10. The number of ether oxygens (including phenoxy) is 1. The highest BCUT2D eigenvalue weighted by Gasteiger charge is 2.36. The highest BCUT2D eigenvalue weighted by molar-refractivity contribution is 6.21. The quantitative estimate of drug-likeness (QED) is 0.115. The van der Waals surface area contributed by atoms with Crippen LogP contribution in [0, 0.1) is 0 Å². The van der Waals surface area contributed by atoms with Crippen molar-refractivity contribution in [3.05, 3.63) is 161 Å². The molecular formula is C43H36F3N3O5. The molecule has 3 amide bonds. The Balaban J connectivity index is 0.959. The summed E-state index contributed by atoms with van der Waals surface area (Å²) in [5.41, 5.74) is 3.76. The molecule has 0 aromatic heterocycles. The SMILES string of the molecule is O=C(Nc1ccc(C2CCN(C(C(=O)OCCN3C(=O)c4ccccc4C3=O)c3ccccc3)CC2)cc1)c1ccccc1-c1ccc(C(F)(F)F)cc1. The normalized spacial score (nSPS) is 15.5. The summed E-state index contributed by atoms with van der Waals surface area (Å²) in [6.45, 7) is 1.09. The van der Waals surface area contributed by atoms with Crippen LogP contribution in [-0.2, 0) is 15.7 Å². The van der Waals surface area contributed by atoms with E-state index in [9.17, 15) is 32.3 Å². The summed E-state index contributed by atoms with van der Waals surface area (Å²) in [5.74, 6) is -1.41. The lowest BCUT2D eigenvalue weighted by atomic mass is 9.88. The number of hydrogen-bond acceptors (Lipinski definition) is 6. The zero-order valence-electron chi connectivity index (χ0n) is 29.1. The van der Waals surface area contributed by atoms with Crippen molar-refractivity contribution in [2.45, 2.75) is 31.0 Å². The van der Waals surface area contributed by atoms with Gasteiger partial charge in [-0.15, -0.1) is 0 Å². The minimum atomic E-state index is -4.45. The maximum absolute atomic E-state index is 13.6. The van der Waals surface area contributed by atoms with Gasteiger partial charge >= 0.3 is 12.1 Å². The Kier molecular flexibility index (Phi) is 10.4. The number of piperidine rings is 1. The summed E-state index contributed by atoms with van der Waals surface area (Å²) in [6, 6.07) is 34.5. The number of likely N-dealkylation sites (tertiary alicyclic amines) is 1. The number of benzene rings is 5. The molecule has 1 fully saturated rings. The molecule has 274 valence electrons. The number of carbonyl (C=O) groups excluding carboxylic acids is 4. The van der Waals surface area contributed by atoms with Gasteiger partial charge in [-0.05, 0) is 96.6 Å². The average molecular weight is 732 g/mol. The highest BCUT2D eigenvalue weighted by atomic mass is 19.4. The van der Waals surface area contributed by atoms with Crippen LogP contribution in [0.25, 0.3) is 11.1 Å². The zero-order valence-corrected chi connectivity index (χ0v) is 29.1. The van der Waals surface area contributed by atoms with Crippen LogP contribution in [0.3, 0.4) is 0 Å². The minimum Gasteiger partial charge on any atom is -0.462 e. The second-order valence-electron chi connectivity index (χ2n) is 13.3. The lowest BCUT2D eigenvalue weighted by Crippen LogP contribution is -2.41. The summed E-state index contributed by atoms with van der Waals surface area (Å²) in [5, 5.41) is 2.91. The zero-order chi connectivity index (χ0) is 37.8. The number of imide groups is 1. The molecule has 0 spiro atoms. The number of nitrogens with one attached hydrogen (secondary N) is 1. The molecule has 2 heterocycles. The molecule has 5 aromatic rings. The standard InChI is InChI=1S/C43H36F3N3O5/c44-43(45,46)32-18-14-30(15-19-32)34-10-4-5-11-35(34)39(50)47-33-20-16-28(17-21-33)29-22-24-48(25-23-29)38(31-8-2-1-3-9-31)42(53)54-27-26-49-40(51)36-12-6-7-13-37(36)41(49)52/h1-21,29,38H,22-27H2,(H,47,50). The van der Waals surface area contributed by atoms with Crippen molar-refractivity contribution in [2.24, 2.45) is 0 Å². The summed E-state index contributed by atoms with van der Waals surface area (Å²) in [4.78, 5) is 55.7. The van der Waals surface area contributed by atoms with E-state index >= 15 is 0 Å². The Morgan fingerprint density at radius 1 is 0.722 bits per heavy atom. The third-order valence-electron chi connectivity index (χ3n) is 10.0. The molecular weight excluding hydrogens is 695 g/mol. The van der Waals surface area contributed by atoms with E-state index in [1.54, 1.807) is 48.5 Å². The molecule has 7 rings (SSSR count). The van der Waals surface area contributed by atoms with Gasteiger partial charge in [0.05, 0.1) is 23.2 Å². The van der Waals surface area contributed by atoms with E-state index in [-0.39, 0.29) is 25.0 Å². The van der Waals surface area contributed by atoms with Crippen LogP contribution in [0.5, 0.6) is 0 Å². The Morgan fingerprint density at radius 3 is 1.91 bits per heavy atom. The number of anilines is 1. The van der Waals surface area contributed by atoms with E-state index in [2.05, 4.69) is 10.2 Å². The maximum atomic E-state index is 13.6. The molecule has 1 N–H and O–H groups in total. The van der Waals surface area contributed by atoms with Gasteiger partial charge in [0.15, 0.2) is 0 Å². The van der Waals surface area contributed by atoms with Gasteiger partial charge in [0.2, 0.25) is 0 Å². The topological polar surface area (TPSA) is 96.0 Å². The largest absolute Gasteiger partial charge is 0.462 e. The number of esters is 1. The first kappa shape index (κ1) is 36.3. The van der Waals surface area contributed by atoms with Crippen LogP contribution in [0.15, 0.2) is 127 Å². The van der Waals surface area contributed by atoms with Crippen LogP contribution in [0.2, 0.25) is 0 Å². The van der Waals surface area contributed by atoms with E-state index in [0.717, 1.165) is 41.0 Å². The first-order chi connectivity index (χ1) is 26.1. The summed E-state index contributed by atoms with van der Waals surface area (Å²) >= 11 is 0. The van der Waals surface area contributed by atoms with Crippen molar-refractivity contribution in [1.29, 1.82) is 0 Å². The Morgan fingerprint density at radius 2 is 1.30 bits per heavy atom. The van der Waals surface area contributed by atoms with Crippen LogP contribution >= 0.6 is 0 Å². The second-order valence-corrected chi connectivity index (χ2v) is 13.3. The molecule has 2 aliphatic heterocycles. The number of amides is 3. The molecule has 11 heteroatoms. The molecule has 2 aliphatic rings. The summed E-state index contributed by atoms with van der Waals surface area (Å²) < 4.78 is 45.0. The molecule has 54 heavy (non-hydrogen) atoms. The van der Waals surface area contributed by atoms with Crippen LogP contribution < -0.4 is 5.32 Å². The van der Waals surface area contributed by atoms with Gasteiger partial charge in [-0.1, -0.05) is 84.9 Å². The highest BCUT2D eigenvalue weighted by Crippen LogP contribution is 2.35. The molecule has 0 radical (unpaired) electrons. The molecule has 0 saturated carbocycles. The first-order valence-corrected chi connectivity index (χ1v) is 17.7. The van der Waals surface area contributed by atoms with E-state index < -0.39 is 35.6 Å². The lowest BCUT2D eigenvalue weighted by molar-refractivity contribution is -0.151. The van der Waals surface area contributed by atoms with Gasteiger partial charge in [0, 0.05) is 11.3 Å². The first-order valence-electron chi connectivity index (χ1n) is 17.7. The number of halogens is 3. The van der Waals surface area contributed by atoms with E-state index in [1.807, 2.05) is 54.6 Å². The van der Waals surface area contributed by atoms with E-state index in [1.165, 1.54) is 12.1 Å². The molecule has 1 atom stereocenters. The minimum absolute atomic E-state index is 0.0379. The van der Waals surface area contributed by atoms with Gasteiger partial charge < -0.3 is 10.1 Å². The van der Waals surface area contributed by atoms with Crippen molar-refractivity contribution in [3.8, 4) is 11.1 Å². The monoisotopic (exact) mass is 731 g/mol. The third-order valence-corrected chi connectivity index (χ3v) is 10.0. The Labute approximate surface area is 310 Å². The Bertz CT molecular complexity index is 2130. The van der Waals surface area contributed by atoms with E-state index in [4.69, 9.17) is 4.74 Å². The molecule has 8 nitrogen and oxygen atoms in total. The van der Waals surface area contributed by atoms with Gasteiger partial charge in [-0.25, -0.2) is 4.79 Å².